The maximum Gasteiger partial charge on any atom is 0.496 e. The van der Waals surface area contributed by atoms with E-state index in [4.69, 9.17) is 9.31 Å². The fourth-order valence-corrected chi connectivity index (χ4v) is 3.61. The van der Waals surface area contributed by atoms with Gasteiger partial charge in [0.2, 0.25) is 0 Å². The van der Waals surface area contributed by atoms with Crippen LogP contribution >= 0.6 is 15.9 Å². The lowest BCUT2D eigenvalue weighted by Crippen LogP contribution is -2.41. The Kier molecular flexibility index (Phi) is 6.25. The zero-order chi connectivity index (χ0) is 22.9. The lowest BCUT2D eigenvalue weighted by molar-refractivity contribution is 0.00578. The summed E-state index contributed by atoms with van der Waals surface area (Å²) in [7, 11) is -0.441. The number of hydrogen-bond donors (Lipinski definition) is 2. The number of nitrogens with zero attached hydrogens (tertiary/aromatic N) is 3. The molecule has 1 aromatic carbocycles. The van der Waals surface area contributed by atoms with E-state index < -0.39 is 7.12 Å². The van der Waals surface area contributed by atoms with Crippen molar-refractivity contribution in [3.05, 3.63) is 65.0 Å². The van der Waals surface area contributed by atoms with Gasteiger partial charge in [-0.2, -0.15) is 0 Å². The zero-order valence-electron chi connectivity index (χ0n) is 18.9. The van der Waals surface area contributed by atoms with Crippen LogP contribution in [0, 0.1) is 0 Å². The molecule has 1 aliphatic heterocycles. The van der Waals surface area contributed by atoms with E-state index in [2.05, 4.69) is 60.8 Å². The van der Waals surface area contributed by atoms with E-state index in [1.165, 1.54) is 0 Å². The van der Waals surface area contributed by atoms with Crippen LogP contribution in [-0.2, 0) is 9.31 Å². The molecule has 1 fully saturated rings. The van der Waals surface area contributed by atoms with Crippen molar-refractivity contribution in [2.45, 2.75) is 51.9 Å². The SMILES string of the molecule is C[C@H](Nc1cncc(B2OC(C)(C)C(C)(C)O2)c1)c1cccc(Nc2ccc(Br)nn2)c1. The highest BCUT2D eigenvalue weighted by atomic mass is 79.9. The quantitative estimate of drug-likeness (QED) is 0.473. The highest BCUT2D eigenvalue weighted by molar-refractivity contribution is 9.10. The summed E-state index contributed by atoms with van der Waals surface area (Å²) in [5, 5.41) is 15.0. The van der Waals surface area contributed by atoms with Crippen LogP contribution in [0.1, 0.15) is 46.2 Å². The van der Waals surface area contributed by atoms with Gasteiger partial charge >= 0.3 is 7.12 Å². The van der Waals surface area contributed by atoms with E-state index in [1.807, 2.05) is 64.2 Å². The Labute approximate surface area is 197 Å². The molecule has 0 aliphatic carbocycles. The van der Waals surface area contributed by atoms with Gasteiger partial charge in [0.1, 0.15) is 4.60 Å². The topological polar surface area (TPSA) is 81.2 Å². The first-order valence-electron chi connectivity index (χ1n) is 10.6. The molecule has 0 saturated carbocycles. The summed E-state index contributed by atoms with van der Waals surface area (Å²) in [6.07, 6.45) is 3.60. The first kappa shape index (κ1) is 22.7. The summed E-state index contributed by atoms with van der Waals surface area (Å²) in [6.45, 7) is 10.3. The highest BCUT2D eigenvalue weighted by Gasteiger charge is 2.51. The van der Waals surface area contributed by atoms with Crippen molar-refractivity contribution >= 4 is 45.7 Å². The fraction of sp³-hybridized carbons (Fsp3) is 0.348. The van der Waals surface area contributed by atoms with E-state index >= 15 is 0 Å². The van der Waals surface area contributed by atoms with Gasteiger partial charge in [0.15, 0.2) is 5.82 Å². The Morgan fingerprint density at radius 1 is 0.938 bits per heavy atom. The summed E-state index contributed by atoms with van der Waals surface area (Å²) in [6, 6.07) is 14.0. The van der Waals surface area contributed by atoms with Crippen LogP contribution < -0.4 is 16.1 Å². The van der Waals surface area contributed by atoms with Crippen molar-refractivity contribution in [3.63, 3.8) is 0 Å². The summed E-state index contributed by atoms with van der Waals surface area (Å²) in [4.78, 5) is 4.40. The minimum absolute atomic E-state index is 0.0584. The number of rotatable bonds is 6. The van der Waals surface area contributed by atoms with Crippen molar-refractivity contribution in [3.8, 4) is 0 Å². The van der Waals surface area contributed by atoms with Crippen molar-refractivity contribution in [1.82, 2.24) is 15.2 Å². The maximum atomic E-state index is 6.16. The minimum Gasteiger partial charge on any atom is -0.399 e. The van der Waals surface area contributed by atoms with E-state index in [0.29, 0.717) is 10.4 Å². The molecule has 1 aliphatic rings. The number of aromatic nitrogens is 3. The first-order valence-corrected chi connectivity index (χ1v) is 11.4. The van der Waals surface area contributed by atoms with Crippen LogP contribution in [0.4, 0.5) is 17.2 Å². The van der Waals surface area contributed by atoms with Gasteiger partial charge in [-0.1, -0.05) is 12.1 Å². The largest absolute Gasteiger partial charge is 0.496 e. The molecule has 3 heterocycles. The Hall–Kier alpha value is -2.49. The monoisotopic (exact) mass is 495 g/mol. The van der Waals surface area contributed by atoms with Gasteiger partial charge in [0.25, 0.3) is 0 Å². The van der Waals surface area contributed by atoms with Gasteiger partial charge in [-0.15, -0.1) is 10.2 Å². The minimum atomic E-state index is -0.441. The highest BCUT2D eigenvalue weighted by Crippen LogP contribution is 2.36. The Morgan fingerprint density at radius 2 is 1.69 bits per heavy atom. The molecule has 4 rings (SSSR count). The lowest BCUT2D eigenvalue weighted by atomic mass is 9.80. The lowest BCUT2D eigenvalue weighted by Gasteiger charge is -2.32. The van der Waals surface area contributed by atoms with Crippen molar-refractivity contribution in [2.24, 2.45) is 0 Å². The number of anilines is 3. The normalized spacial score (nSPS) is 17.8. The van der Waals surface area contributed by atoms with Gasteiger partial charge in [-0.3, -0.25) is 4.98 Å². The number of halogens is 1. The van der Waals surface area contributed by atoms with Crippen LogP contribution in [-0.4, -0.2) is 33.5 Å². The molecule has 0 spiro atoms. The summed E-state index contributed by atoms with van der Waals surface area (Å²) >= 11 is 3.30. The van der Waals surface area contributed by atoms with E-state index in [0.717, 1.165) is 22.4 Å². The molecule has 2 aromatic heterocycles. The molecule has 2 N–H and O–H groups in total. The van der Waals surface area contributed by atoms with E-state index in [-0.39, 0.29) is 17.2 Å². The average molecular weight is 496 g/mol. The van der Waals surface area contributed by atoms with Gasteiger partial charge in [-0.05, 0) is 86.4 Å². The molecule has 0 unspecified atom stereocenters. The predicted molar refractivity (Wildman–Crippen MR) is 131 cm³/mol. The molecule has 9 heteroatoms. The molecule has 7 nitrogen and oxygen atoms in total. The van der Waals surface area contributed by atoms with Gasteiger partial charge in [0, 0.05) is 29.6 Å². The van der Waals surface area contributed by atoms with Crippen LogP contribution in [0.3, 0.4) is 0 Å². The van der Waals surface area contributed by atoms with Gasteiger partial charge in [-0.25, -0.2) is 0 Å². The van der Waals surface area contributed by atoms with Gasteiger partial charge < -0.3 is 19.9 Å². The second-order valence-corrected chi connectivity index (χ2v) is 9.77. The zero-order valence-corrected chi connectivity index (χ0v) is 20.5. The maximum absolute atomic E-state index is 6.16. The summed E-state index contributed by atoms with van der Waals surface area (Å²) in [5.74, 6) is 0.685. The summed E-state index contributed by atoms with van der Waals surface area (Å²) < 4.78 is 13.0. The number of hydrogen-bond acceptors (Lipinski definition) is 7. The molecular formula is C23H27BBrN5O2. The molecule has 166 valence electrons. The number of nitrogens with one attached hydrogen (secondary N) is 2. The Bertz CT molecular complexity index is 1080. The van der Waals surface area contributed by atoms with E-state index in [9.17, 15) is 0 Å². The molecule has 0 amide bonds. The van der Waals surface area contributed by atoms with Crippen molar-refractivity contribution in [2.75, 3.05) is 10.6 Å². The second kappa shape index (κ2) is 8.81. The standard InChI is InChI=1S/C23H27BBrN5O2/c1-15(16-7-6-8-18(11-16)28-21-10-9-20(25)29-30-21)27-19-12-17(13-26-14-19)24-31-22(2,3)23(4,5)32-24/h6-15,27H,1-5H3,(H,28,30)/t15-/m0/s1. The molecule has 3 aromatic rings. The van der Waals surface area contributed by atoms with Crippen LogP contribution in [0.15, 0.2) is 59.5 Å². The molecular weight excluding hydrogens is 469 g/mol. The predicted octanol–water partition coefficient (Wildman–Crippen LogP) is 4.85. The average Bonchev–Trinajstić information content (AvgIpc) is 2.97. The second-order valence-electron chi connectivity index (χ2n) is 8.95. The molecule has 1 saturated heterocycles. The molecule has 32 heavy (non-hydrogen) atoms. The van der Waals surface area contributed by atoms with Crippen LogP contribution in [0.5, 0.6) is 0 Å². The van der Waals surface area contributed by atoms with Crippen LogP contribution in [0.25, 0.3) is 0 Å². The Balaban J connectivity index is 1.46. The van der Waals surface area contributed by atoms with Crippen LogP contribution in [0.2, 0.25) is 0 Å². The van der Waals surface area contributed by atoms with Crippen molar-refractivity contribution in [1.29, 1.82) is 0 Å². The fourth-order valence-electron chi connectivity index (χ4n) is 3.39. The smallest absolute Gasteiger partial charge is 0.399 e. The molecule has 0 bridgehead atoms. The van der Waals surface area contributed by atoms with Crippen molar-refractivity contribution < 1.29 is 9.31 Å². The summed E-state index contributed by atoms with van der Waals surface area (Å²) in [5.41, 5.74) is 3.09. The van der Waals surface area contributed by atoms with E-state index in [1.54, 1.807) is 6.20 Å². The third-order valence-electron chi connectivity index (χ3n) is 5.96. The number of benzene rings is 1. The van der Waals surface area contributed by atoms with Gasteiger partial charge in [0.05, 0.1) is 16.9 Å². The Morgan fingerprint density at radius 3 is 2.38 bits per heavy atom. The molecule has 1 atom stereocenters. The number of pyridine rings is 1. The third-order valence-corrected chi connectivity index (χ3v) is 6.38. The first-order chi connectivity index (χ1) is 15.1. The molecule has 0 radical (unpaired) electrons. The third kappa shape index (κ3) is 4.95.